The van der Waals surface area contributed by atoms with Gasteiger partial charge in [0.1, 0.15) is 30.8 Å². The number of nitrogens with two attached hydrogens (primary N) is 1. The summed E-state index contributed by atoms with van der Waals surface area (Å²) in [5.74, 6) is 0.802. The van der Waals surface area contributed by atoms with E-state index in [9.17, 15) is 9.90 Å². The molecule has 0 bridgehead atoms. The molecule has 6 nitrogen and oxygen atoms in total. The lowest BCUT2D eigenvalue weighted by atomic mass is 10.0. The summed E-state index contributed by atoms with van der Waals surface area (Å²) in [5, 5.41) is 9.48. The van der Waals surface area contributed by atoms with Gasteiger partial charge in [-0.15, -0.1) is 0 Å². The van der Waals surface area contributed by atoms with E-state index in [1.807, 2.05) is 24.3 Å². The summed E-state index contributed by atoms with van der Waals surface area (Å²) in [7, 11) is 0. The van der Waals surface area contributed by atoms with Gasteiger partial charge in [-0.05, 0) is 67.9 Å². The topological polar surface area (TPSA) is 85.0 Å². The normalized spacial score (nSPS) is 13.1. The van der Waals surface area contributed by atoms with Crippen molar-refractivity contribution < 1.29 is 19.4 Å². The quantitative estimate of drug-likeness (QED) is 0.172. The summed E-state index contributed by atoms with van der Waals surface area (Å²) in [5.41, 5.74) is 15.4. The van der Waals surface area contributed by atoms with Gasteiger partial charge in [-0.2, -0.15) is 0 Å². The minimum Gasteiger partial charge on any atom is -0.489 e. The van der Waals surface area contributed by atoms with E-state index < -0.39 is 12.0 Å². The van der Waals surface area contributed by atoms with Gasteiger partial charge in [0.2, 0.25) is 0 Å². The van der Waals surface area contributed by atoms with Crippen molar-refractivity contribution in [1.82, 2.24) is 4.90 Å². The molecule has 224 valence electrons. The predicted octanol–water partition coefficient (Wildman–Crippen LogP) is 6.75. The molecule has 0 heterocycles. The van der Waals surface area contributed by atoms with E-state index in [4.69, 9.17) is 15.2 Å². The number of carboxylic acids is 1. The first kappa shape index (κ1) is 30.3. The van der Waals surface area contributed by atoms with Crippen LogP contribution in [0.15, 0.2) is 84.9 Å². The molecule has 1 aliphatic carbocycles. The van der Waals surface area contributed by atoms with Crippen LogP contribution < -0.4 is 15.2 Å². The van der Waals surface area contributed by atoms with Crippen molar-refractivity contribution in [3.63, 3.8) is 0 Å². The number of aryl methyl sites for hydroxylation is 3. The molecule has 43 heavy (non-hydrogen) atoms. The van der Waals surface area contributed by atoms with Crippen LogP contribution in [0.1, 0.15) is 57.3 Å². The summed E-state index contributed by atoms with van der Waals surface area (Å²) < 4.78 is 12.9. The summed E-state index contributed by atoms with van der Waals surface area (Å²) >= 11 is 0. The third-order valence-corrected chi connectivity index (χ3v) is 8.09. The molecule has 0 saturated carbocycles. The third-order valence-electron chi connectivity index (χ3n) is 8.09. The Morgan fingerprint density at radius 1 is 0.837 bits per heavy atom. The van der Waals surface area contributed by atoms with Crippen LogP contribution >= 0.6 is 0 Å². The summed E-state index contributed by atoms with van der Waals surface area (Å²) in [6.45, 7) is 6.87. The number of benzene rings is 4. The van der Waals surface area contributed by atoms with Crippen LogP contribution in [0.5, 0.6) is 11.5 Å². The molecule has 6 heteroatoms. The van der Waals surface area contributed by atoms with Crippen molar-refractivity contribution in [2.45, 2.75) is 71.9 Å². The summed E-state index contributed by atoms with van der Waals surface area (Å²) in [6, 6.07) is 28.3. The Labute approximate surface area is 255 Å². The number of aliphatic carboxylic acids is 1. The van der Waals surface area contributed by atoms with E-state index in [1.165, 1.54) is 22.3 Å². The number of hydrogen-bond acceptors (Lipinski definition) is 5. The first-order chi connectivity index (χ1) is 20.9. The van der Waals surface area contributed by atoms with E-state index >= 15 is 0 Å². The Kier molecular flexibility index (Phi) is 10.1. The molecule has 0 saturated heterocycles. The zero-order valence-electron chi connectivity index (χ0n) is 25.2. The lowest BCUT2D eigenvalue weighted by molar-refractivity contribution is -0.138. The molecular formula is C37H42N2O4. The lowest BCUT2D eigenvalue weighted by Gasteiger charge is -2.26. The third kappa shape index (κ3) is 8.25. The number of nitrogens with zero attached hydrogens (tertiary/aromatic N) is 1. The molecule has 0 unspecified atom stereocenters. The van der Waals surface area contributed by atoms with E-state index in [0.29, 0.717) is 39.3 Å². The van der Waals surface area contributed by atoms with Crippen LogP contribution in [0.25, 0.3) is 0 Å². The largest absolute Gasteiger partial charge is 0.489 e. The second-order valence-electron chi connectivity index (χ2n) is 11.7. The number of para-hydroxylation sites is 1. The van der Waals surface area contributed by atoms with Gasteiger partial charge in [0.25, 0.3) is 0 Å². The van der Waals surface area contributed by atoms with Crippen LogP contribution in [0.3, 0.4) is 0 Å². The minimum atomic E-state index is -0.985. The van der Waals surface area contributed by atoms with E-state index in [-0.39, 0.29) is 0 Å². The highest BCUT2D eigenvalue weighted by molar-refractivity contribution is 5.73. The second kappa shape index (κ2) is 14.4. The fourth-order valence-corrected chi connectivity index (χ4v) is 5.82. The predicted molar refractivity (Wildman–Crippen MR) is 170 cm³/mol. The lowest BCUT2D eigenvalue weighted by Crippen LogP contribution is -2.35. The number of carbonyl (C=O) groups is 1. The molecular weight excluding hydrogens is 536 g/mol. The fourth-order valence-electron chi connectivity index (χ4n) is 5.82. The molecule has 0 radical (unpaired) electrons. The molecule has 1 atom stereocenters. The van der Waals surface area contributed by atoms with Gasteiger partial charge >= 0.3 is 5.97 Å². The van der Waals surface area contributed by atoms with Crippen LogP contribution in [-0.4, -0.2) is 28.6 Å². The Hall–Kier alpha value is -4.13. The summed E-state index contributed by atoms with van der Waals surface area (Å²) in [4.78, 5) is 13.8. The smallest absolute Gasteiger partial charge is 0.320 e. The van der Waals surface area contributed by atoms with E-state index in [0.717, 1.165) is 53.0 Å². The average Bonchev–Trinajstić information content (AvgIpc) is 3.48. The minimum absolute atomic E-state index is 0.339. The zero-order valence-corrected chi connectivity index (χ0v) is 25.2. The van der Waals surface area contributed by atoms with E-state index in [1.54, 1.807) is 0 Å². The SMILES string of the molecule is Cc1cccc(COc2ccccc2CN(CC[C@H](N)C(=O)O)Cc2ccc3c(c2OCc2cccc(C)c2)CCC3)c1. The number of carboxylic acid groups (broad SMARTS) is 1. The fraction of sp³-hybridized carbons (Fsp3) is 0.324. The molecule has 1 aliphatic rings. The maximum absolute atomic E-state index is 11.6. The molecule has 4 aromatic rings. The zero-order chi connectivity index (χ0) is 30.2. The number of fused-ring (bicyclic) bond motifs is 1. The van der Waals surface area contributed by atoms with Gasteiger partial charge in [0.15, 0.2) is 0 Å². The summed E-state index contributed by atoms with van der Waals surface area (Å²) in [6.07, 6.45) is 3.54. The molecule has 0 amide bonds. The molecule has 0 spiro atoms. The van der Waals surface area contributed by atoms with Crippen LogP contribution in [0, 0.1) is 13.8 Å². The standard InChI is InChI=1S/C37H42N2O4/c1-26-8-5-10-28(20-26)24-42-35-15-4-3-12-31(35)22-39(19-18-34(38)37(40)41)23-32-17-16-30-13-7-14-33(30)36(32)43-25-29-11-6-9-27(2)21-29/h3-6,8-12,15-17,20-21,34H,7,13-14,18-19,22-25,38H2,1-2H3,(H,40,41)/t34-/m0/s1. The number of rotatable bonds is 14. The van der Waals surface area contributed by atoms with Gasteiger partial charge in [-0.25, -0.2) is 0 Å². The average molecular weight is 579 g/mol. The highest BCUT2D eigenvalue weighted by atomic mass is 16.5. The van der Waals surface area contributed by atoms with Crippen molar-refractivity contribution >= 4 is 5.97 Å². The Bertz CT molecular complexity index is 1550. The van der Waals surface area contributed by atoms with Crippen molar-refractivity contribution in [3.05, 3.63) is 129 Å². The molecule has 0 fully saturated rings. The molecule has 5 rings (SSSR count). The van der Waals surface area contributed by atoms with Gasteiger partial charge in [0.05, 0.1) is 0 Å². The second-order valence-corrected chi connectivity index (χ2v) is 11.7. The van der Waals surface area contributed by atoms with Crippen LogP contribution in [0.4, 0.5) is 0 Å². The van der Waals surface area contributed by atoms with Crippen molar-refractivity contribution in [1.29, 1.82) is 0 Å². The maximum Gasteiger partial charge on any atom is 0.320 e. The number of ether oxygens (including phenoxy) is 2. The maximum atomic E-state index is 11.6. The molecule has 0 aromatic heterocycles. The molecule has 4 aromatic carbocycles. The Morgan fingerprint density at radius 2 is 1.51 bits per heavy atom. The first-order valence-corrected chi connectivity index (χ1v) is 15.1. The van der Waals surface area contributed by atoms with Crippen molar-refractivity contribution in [2.75, 3.05) is 6.54 Å². The van der Waals surface area contributed by atoms with Gasteiger partial charge < -0.3 is 20.3 Å². The van der Waals surface area contributed by atoms with Gasteiger partial charge in [-0.1, -0.05) is 90.0 Å². The number of hydrogen-bond donors (Lipinski definition) is 2. The van der Waals surface area contributed by atoms with Crippen molar-refractivity contribution in [2.24, 2.45) is 5.73 Å². The highest BCUT2D eigenvalue weighted by Crippen LogP contribution is 2.36. The highest BCUT2D eigenvalue weighted by Gasteiger charge is 2.22. The van der Waals surface area contributed by atoms with Crippen LogP contribution in [-0.2, 0) is 43.9 Å². The molecule has 0 aliphatic heterocycles. The van der Waals surface area contributed by atoms with Crippen molar-refractivity contribution in [3.8, 4) is 11.5 Å². The van der Waals surface area contributed by atoms with Gasteiger partial charge in [0, 0.05) is 30.8 Å². The Balaban J connectivity index is 1.39. The monoisotopic (exact) mass is 578 g/mol. The van der Waals surface area contributed by atoms with Gasteiger partial charge in [-0.3, -0.25) is 9.69 Å². The molecule has 3 N–H and O–H groups in total. The van der Waals surface area contributed by atoms with E-state index in [2.05, 4.69) is 79.4 Å². The Morgan fingerprint density at radius 3 is 2.21 bits per heavy atom. The van der Waals surface area contributed by atoms with Crippen LogP contribution in [0.2, 0.25) is 0 Å². The first-order valence-electron chi connectivity index (χ1n) is 15.1.